The van der Waals surface area contributed by atoms with Crippen molar-refractivity contribution in [2.75, 3.05) is 13.1 Å². The Morgan fingerprint density at radius 3 is 2.58 bits per heavy atom. The zero-order chi connectivity index (χ0) is 22.3. The van der Waals surface area contributed by atoms with E-state index < -0.39 is 17.4 Å². The summed E-state index contributed by atoms with van der Waals surface area (Å²) in [5.74, 6) is -1.10. The number of carbonyl (C=O) groups excluding carboxylic acids is 3. The minimum atomic E-state index is -1.13. The van der Waals surface area contributed by atoms with E-state index in [2.05, 4.69) is 5.32 Å². The van der Waals surface area contributed by atoms with Crippen LogP contribution < -0.4 is 5.32 Å². The molecule has 2 saturated heterocycles. The van der Waals surface area contributed by atoms with Gasteiger partial charge in [-0.3, -0.25) is 14.5 Å². The van der Waals surface area contributed by atoms with Crippen LogP contribution in [0.3, 0.4) is 0 Å². The monoisotopic (exact) mass is 423 g/mol. The van der Waals surface area contributed by atoms with Gasteiger partial charge in [-0.05, 0) is 62.4 Å². The van der Waals surface area contributed by atoms with E-state index in [1.807, 2.05) is 32.0 Å². The second kappa shape index (κ2) is 7.80. The molecule has 2 heterocycles. The number of halogens is 1. The van der Waals surface area contributed by atoms with Crippen molar-refractivity contribution in [3.8, 4) is 0 Å². The number of nitrogens with one attached hydrogen (secondary N) is 1. The second-order valence-corrected chi connectivity index (χ2v) is 8.63. The molecule has 1 N–H and O–H groups in total. The fourth-order valence-corrected chi connectivity index (χ4v) is 4.37. The van der Waals surface area contributed by atoms with E-state index in [1.165, 1.54) is 15.9 Å². The number of urea groups is 1. The highest BCUT2D eigenvalue weighted by Crippen LogP contribution is 2.30. The molecule has 31 heavy (non-hydrogen) atoms. The van der Waals surface area contributed by atoms with Gasteiger partial charge in [0.1, 0.15) is 11.4 Å². The molecule has 0 aromatic heterocycles. The minimum Gasteiger partial charge on any atom is -0.336 e. The third-order valence-electron chi connectivity index (χ3n) is 6.28. The van der Waals surface area contributed by atoms with E-state index in [-0.39, 0.29) is 30.5 Å². The summed E-state index contributed by atoms with van der Waals surface area (Å²) in [5.41, 5.74) is 2.55. The molecule has 4 amide bonds. The van der Waals surface area contributed by atoms with Gasteiger partial charge in [-0.25, -0.2) is 9.18 Å². The first-order chi connectivity index (χ1) is 14.7. The number of benzene rings is 2. The van der Waals surface area contributed by atoms with Gasteiger partial charge in [0.2, 0.25) is 0 Å². The Kier molecular flexibility index (Phi) is 5.29. The maximum absolute atomic E-state index is 13.9. The number of hydrogen-bond acceptors (Lipinski definition) is 3. The first-order valence-electron chi connectivity index (χ1n) is 10.5. The van der Waals surface area contributed by atoms with E-state index >= 15 is 0 Å². The summed E-state index contributed by atoms with van der Waals surface area (Å²) in [6.45, 7) is 6.28. The Morgan fingerprint density at radius 2 is 1.84 bits per heavy atom. The van der Waals surface area contributed by atoms with Gasteiger partial charge in [-0.15, -0.1) is 0 Å². The first-order valence-corrected chi connectivity index (χ1v) is 10.5. The van der Waals surface area contributed by atoms with Crippen molar-refractivity contribution >= 4 is 17.8 Å². The maximum Gasteiger partial charge on any atom is 0.325 e. The first kappa shape index (κ1) is 21.0. The molecule has 0 radical (unpaired) electrons. The van der Waals surface area contributed by atoms with Crippen molar-refractivity contribution in [3.05, 3.63) is 70.0 Å². The van der Waals surface area contributed by atoms with E-state index in [4.69, 9.17) is 0 Å². The lowest BCUT2D eigenvalue weighted by Gasteiger charge is -2.38. The molecule has 1 atom stereocenters. The lowest BCUT2D eigenvalue weighted by molar-refractivity contribution is -0.133. The predicted molar refractivity (Wildman–Crippen MR) is 114 cm³/mol. The average Bonchev–Trinajstić information content (AvgIpc) is 2.96. The normalized spacial score (nSPS) is 21.0. The van der Waals surface area contributed by atoms with Gasteiger partial charge in [-0.1, -0.05) is 29.8 Å². The van der Waals surface area contributed by atoms with Crippen molar-refractivity contribution in [2.45, 2.75) is 45.7 Å². The van der Waals surface area contributed by atoms with Gasteiger partial charge in [0.05, 0.1) is 13.1 Å². The van der Waals surface area contributed by atoms with Crippen LogP contribution in [0, 0.1) is 26.6 Å². The van der Waals surface area contributed by atoms with Gasteiger partial charge in [0, 0.05) is 12.1 Å². The number of aryl methyl sites for hydroxylation is 3. The molecule has 2 fully saturated rings. The number of piperidine rings is 1. The molecule has 6 nitrogen and oxygen atoms in total. The highest BCUT2D eigenvalue weighted by atomic mass is 19.1. The Hall–Kier alpha value is -3.22. The smallest absolute Gasteiger partial charge is 0.325 e. The number of carbonyl (C=O) groups is 3. The summed E-state index contributed by atoms with van der Waals surface area (Å²) in [6.07, 6.45) is 1.04. The van der Waals surface area contributed by atoms with Gasteiger partial charge >= 0.3 is 6.03 Å². The van der Waals surface area contributed by atoms with E-state index in [0.717, 1.165) is 16.7 Å². The number of nitrogens with zero attached hydrogens (tertiary/aromatic N) is 2. The van der Waals surface area contributed by atoms with Crippen molar-refractivity contribution in [2.24, 2.45) is 0 Å². The molecule has 7 heteroatoms. The van der Waals surface area contributed by atoms with Crippen LogP contribution in [0.15, 0.2) is 36.4 Å². The summed E-state index contributed by atoms with van der Waals surface area (Å²) >= 11 is 0. The molecule has 0 bridgehead atoms. The Labute approximate surface area is 181 Å². The molecule has 1 spiro atoms. The largest absolute Gasteiger partial charge is 0.336 e. The lowest BCUT2D eigenvalue weighted by atomic mass is 9.88. The van der Waals surface area contributed by atoms with Crippen LogP contribution in [-0.4, -0.2) is 46.3 Å². The van der Waals surface area contributed by atoms with Gasteiger partial charge < -0.3 is 10.2 Å². The SMILES string of the molecule is Cc1ccc(C)c(CN2C(=O)N[C@]3(CCCN(C(=O)c4ccc(C)c(F)c4)C3)C2=O)c1. The molecular weight excluding hydrogens is 397 g/mol. The second-order valence-electron chi connectivity index (χ2n) is 8.63. The standard InChI is InChI=1S/C24H26FN3O3/c1-15-5-6-16(2)19(11-15)13-28-22(30)24(26-23(28)31)9-4-10-27(14-24)21(29)18-8-7-17(3)20(25)12-18/h5-8,11-12H,4,9-10,13-14H2,1-3H3,(H,26,31)/t24-/m0/s1. The zero-order valence-electron chi connectivity index (χ0n) is 18.0. The third-order valence-corrected chi connectivity index (χ3v) is 6.28. The molecule has 162 valence electrons. The molecule has 2 aromatic rings. The number of hydrogen-bond donors (Lipinski definition) is 1. The topological polar surface area (TPSA) is 69.7 Å². The molecule has 0 aliphatic carbocycles. The fraction of sp³-hybridized carbons (Fsp3) is 0.375. The Balaban J connectivity index is 1.55. The van der Waals surface area contributed by atoms with Crippen molar-refractivity contribution in [1.29, 1.82) is 0 Å². The Bertz CT molecular complexity index is 1080. The molecular formula is C24H26FN3O3. The van der Waals surface area contributed by atoms with E-state index in [1.54, 1.807) is 19.1 Å². The van der Waals surface area contributed by atoms with Gasteiger partial charge in [-0.2, -0.15) is 0 Å². The molecule has 4 rings (SSSR count). The zero-order valence-corrected chi connectivity index (χ0v) is 18.0. The van der Waals surface area contributed by atoms with Crippen LogP contribution in [0.25, 0.3) is 0 Å². The average molecular weight is 423 g/mol. The van der Waals surface area contributed by atoms with Crippen LogP contribution >= 0.6 is 0 Å². The fourth-order valence-electron chi connectivity index (χ4n) is 4.37. The molecule has 2 aromatic carbocycles. The quantitative estimate of drug-likeness (QED) is 0.769. The number of likely N-dealkylation sites (tertiary alicyclic amines) is 1. The van der Waals surface area contributed by atoms with E-state index in [0.29, 0.717) is 24.9 Å². The summed E-state index contributed by atoms with van der Waals surface area (Å²) in [7, 11) is 0. The van der Waals surface area contributed by atoms with E-state index in [9.17, 15) is 18.8 Å². The summed E-state index contributed by atoms with van der Waals surface area (Å²) in [4.78, 5) is 41.8. The molecule has 0 unspecified atom stereocenters. The highest BCUT2D eigenvalue weighted by Gasteiger charge is 2.53. The predicted octanol–water partition coefficient (Wildman–Crippen LogP) is 3.48. The third kappa shape index (κ3) is 3.80. The summed E-state index contributed by atoms with van der Waals surface area (Å²) < 4.78 is 13.9. The Morgan fingerprint density at radius 1 is 1.10 bits per heavy atom. The highest BCUT2D eigenvalue weighted by molar-refractivity contribution is 6.07. The summed E-state index contributed by atoms with van der Waals surface area (Å²) in [5, 5.41) is 2.85. The number of amides is 4. The van der Waals surface area contributed by atoms with Crippen molar-refractivity contribution in [3.63, 3.8) is 0 Å². The van der Waals surface area contributed by atoms with Gasteiger partial charge in [0.15, 0.2) is 0 Å². The van der Waals surface area contributed by atoms with Gasteiger partial charge in [0.25, 0.3) is 11.8 Å². The van der Waals surface area contributed by atoms with Crippen molar-refractivity contribution in [1.82, 2.24) is 15.1 Å². The van der Waals surface area contributed by atoms with Crippen molar-refractivity contribution < 1.29 is 18.8 Å². The van der Waals surface area contributed by atoms with Crippen LogP contribution in [0.2, 0.25) is 0 Å². The van der Waals surface area contributed by atoms with Crippen LogP contribution in [-0.2, 0) is 11.3 Å². The minimum absolute atomic E-state index is 0.0786. The lowest BCUT2D eigenvalue weighted by Crippen LogP contribution is -2.59. The summed E-state index contributed by atoms with van der Waals surface area (Å²) in [6, 6.07) is 9.87. The molecule has 2 aliphatic rings. The number of rotatable bonds is 3. The van der Waals surface area contributed by atoms with Crippen LogP contribution in [0.1, 0.15) is 45.5 Å². The number of imide groups is 1. The molecule has 2 aliphatic heterocycles. The van der Waals surface area contributed by atoms with Crippen LogP contribution in [0.4, 0.5) is 9.18 Å². The maximum atomic E-state index is 13.9. The van der Waals surface area contributed by atoms with Crippen LogP contribution in [0.5, 0.6) is 0 Å². The molecule has 0 saturated carbocycles.